The van der Waals surface area contributed by atoms with Gasteiger partial charge in [0.2, 0.25) is 0 Å². The van der Waals surface area contributed by atoms with E-state index < -0.39 is 17.9 Å². The summed E-state index contributed by atoms with van der Waals surface area (Å²) >= 11 is 0. The molecule has 0 aliphatic heterocycles. The molecule has 2 aromatic rings. The third-order valence-corrected chi connectivity index (χ3v) is 4.43. The number of ketones is 1. The van der Waals surface area contributed by atoms with Crippen molar-refractivity contribution in [3.05, 3.63) is 66.2 Å². The fourth-order valence-corrected chi connectivity index (χ4v) is 2.92. The summed E-state index contributed by atoms with van der Waals surface area (Å²) in [6, 6.07) is 19.1. The van der Waals surface area contributed by atoms with Crippen LogP contribution in [0.25, 0.3) is 0 Å². The van der Waals surface area contributed by atoms with Crippen molar-refractivity contribution in [3.63, 3.8) is 0 Å². The Morgan fingerprint density at radius 1 is 0.857 bits per heavy atom. The van der Waals surface area contributed by atoms with Crippen LogP contribution in [0.15, 0.2) is 60.7 Å². The van der Waals surface area contributed by atoms with Crippen molar-refractivity contribution in [2.75, 3.05) is 19.5 Å². The average molecular weight is 383 g/mol. The van der Waals surface area contributed by atoms with Crippen LogP contribution in [-0.4, -0.2) is 31.9 Å². The van der Waals surface area contributed by atoms with Crippen LogP contribution >= 0.6 is 0 Å². The minimum atomic E-state index is -1.09. The summed E-state index contributed by atoms with van der Waals surface area (Å²) in [6.45, 7) is 0. The third kappa shape index (κ3) is 6.23. The van der Waals surface area contributed by atoms with Crippen LogP contribution in [0.4, 0.5) is 5.69 Å². The molecule has 0 radical (unpaired) electrons. The molecule has 0 saturated carbocycles. The topological polar surface area (TPSA) is 81.7 Å². The van der Waals surface area contributed by atoms with Crippen molar-refractivity contribution in [2.24, 2.45) is 5.92 Å². The van der Waals surface area contributed by atoms with Gasteiger partial charge in [0.15, 0.2) is 5.92 Å². The Hall–Kier alpha value is -3.15. The first-order valence-corrected chi connectivity index (χ1v) is 9.09. The maximum absolute atomic E-state index is 12.6. The van der Waals surface area contributed by atoms with E-state index in [1.54, 1.807) is 0 Å². The number of hydrogen-bond acceptors (Lipinski definition) is 6. The van der Waals surface area contributed by atoms with Gasteiger partial charge in [0.1, 0.15) is 5.78 Å². The standard InChI is InChI=1S/C22H25NO5/c1-27-21(25)19(22(26)28-2)14-13-18(24)15-20(16-9-5-3-6-10-16)23-17-11-7-4-8-12-17/h3-12,19-20,23H,13-15H2,1-2H3. The van der Waals surface area contributed by atoms with Gasteiger partial charge in [-0.1, -0.05) is 48.5 Å². The molecule has 0 saturated heterocycles. The number of methoxy groups -OCH3 is 2. The zero-order valence-electron chi connectivity index (χ0n) is 16.1. The Kier molecular flexibility index (Phi) is 8.21. The number of esters is 2. The largest absolute Gasteiger partial charge is 0.468 e. The summed E-state index contributed by atoms with van der Waals surface area (Å²) in [7, 11) is 2.41. The summed E-state index contributed by atoms with van der Waals surface area (Å²) < 4.78 is 9.27. The normalized spacial score (nSPS) is 11.5. The molecule has 0 amide bonds. The van der Waals surface area contributed by atoms with Gasteiger partial charge in [0, 0.05) is 18.5 Å². The van der Waals surface area contributed by atoms with Crippen molar-refractivity contribution in [2.45, 2.75) is 25.3 Å². The molecular weight excluding hydrogens is 358 g/mol. The highest BCUT2D eigenvalue weighted by Gasteiger charge is 2.29. The summed E-state index contributed by atoms with van der Waals surface area (Å²) in [6.07, 6.45) is 0.369. The molecule has 0 aliphatic carbocycles. The highest BCUT2D eigenvalue weighted by molar-refractivity contribution is 5.95. The van der Waals surface area contributed by atoms with Gasteiger partial charge in [-0.15, -0.1) is 0 Å². The summed E-state index contributed by atoms with van der Waals surface area (Å²) in [5, 5.41) is 3.38. The smallest absolute Gasteiger partial charge is 0.320 e. The van der Waals surface area contributed by atoms with Gasteiger partial charge in [0.05, 0.1) is 20.3 Å². The number of Topliss-reactive ketones (excluding diaryl/α,β-unsaturated/α-hetero) is 1. The number of carbonyl (C=O) groups excluding carboxylic acids is 3. The minimum Gasteiger partial charge on any atom is -0.468 e. The number of ether oxygens (including phenoxy) is 2. The van der Waals surface area contributed by atoms with Crippen LogP contribution < -0.4 is 5.32 Å². The van der Waals surface area contributed by atoms with Gasteiger partial charge in [-0.05, 0) is 24.1 Å². The van der Waals surface area contributed by atoms with E-state index in [0.29, 0.717) is 0 Å². The van der Waals surface area contributed by atoms with Gasteiger partial charge in [-0.25, -0.2) is 0 Å². The molecule has 0 heterocycles. The van der Waals surface area contributed by atoms with Crippen LogP contribution in [0.2, 0.25) is 0 Å². The molecule has 0 aliphatic rings. The van der Waals surface area contributed by atoms with Crippen LogP contribution in [0.1, 0.15) is 30.9 Å². The quantitative estimate of drug-likeness (QED) is 0.499. The number of benzene rings is 2. The molecule has 6 heteroatoms. The van der Waals surface area contributed by atoms with Gasteiger partial charge >= 0.3 is 11.9 Å². The van der Waals surface area contributed by atoms with Crippen molar-refractivity contribution in [1.82, 2.24) is 0 Å². The maximum Gasteiger partial charge on any atom is 0.320 e. The van der Waals surface area contributed by atoms with E-state index in [0.717, 1.165) is 11.3 Å². The number of rotatable bonds is 10. The molecule has 1 unspecified atom stereocenters. The van der Waals surface area contributed by atoms with Crippen molar-refractivity contribution < 1.29 is 23.9 Å². The van der Waals surface area contributed by atoms with Gasteiger partial charge in [0.25, 0.3) is 0 Å². The Morgan fingerprint density at radius 2 is 1.39 bits per heavy atom. The Labute approximate surface area is 164 Å². The van der Waals surface area contributed by atoms with E-state index in [-0.39, 0.29) is 31.1 Å². The fourth-order valence-electron chi connectivity index (χ4n) is 2.92. The lowest BCUT2D eigenvalue weighted by molar-refractivity contribution is -0.159. The maximum atomic E-state index is 12.6. The molecule has 2 rings (SSSR count). The second-order valence-electron chi connectivity index (χ2n) is 6.35. The highest BCUT2D eigenvalue weighted by atomic mass is 16.5. The lowest BCUT2D eigenvalue weighted by atomic mass is 9.96. The fraction of sp³-hybridized carbons (Fsp3) is 0.318. The molecule has 0 bridgehead atoms. The van der Waals surface area contributed by atoms with E-state index in [1.165, 1.54) is 14.2 Å². The van der Waals surface area contributed by atoms with Crippen molar-refractivity contribution in [1.29, 1.82) is 0 Å². The molecule has 28 heavy (non-hydrogen) atoms. The summed E-state index contributed by atoms with van der Waals surface area (Å²) in [4.78, 5) is 36.1. The summed E-state index contributed by atoms with van der Waals surface area (Å²) in [5.74, 6) is -2.53. The molecule has 2 aromatic carbocycles. The van der Waals surface area contributed by atoms with E-state index in [9.17, 15) is 14.4 Å². The molecular formula is C22H25NO5. The van der Waals surface area contributed by atoms with Crippen LogP contribution in [0, 0.1) is 5.92 Å². The minimum absolute atomic E-state index is 0.0601. The molecule has 0 aromatic heterocycles. The van der Waals surface area contributed by atoms with Crippen LogP contribution in [-0.2, 0) is 23.9 Å². The lowest BCUT2D eigenvalue weighted by Gasteiger charge is -2.20. The second kappa shape index (κ2) is 10.9. The zero-order valence-corrected chi connectivity index (χ0v) is 16.1. The Bertz CT molecular complexity index is 760. The second-order valence-corrected chi connectivity index (χ2v) is 6.35. The van der Waals surface area contributed by atoms with E-state index in [1.807, 2.05) is 60.7 Å². The molecule has 1 N–H and O–H groups in total. The highest BCUT2D eigenvalue weighted by Crippen LogP contribution is 2.24. The average Bonchev–Trinajstić information content (AvgIpc) is 2.74. The Morgan fingerprint density at radius 3 is 1.93 bits per heavy atom. The number of nitrogens with one attached hydrogen (secondary N) is 1. The molecule has 0 fully saturated rings. The van der Waals surface area contributed by atoms with Gasteiger partial charge in [-0.3, -0.25) is 14.4 Å². The lowest BCUT2D eigenvalue weighted by Crippen LogP contribution is -2.27. The molecule has 6 nitrogen and oxygen atoms in total. The number of carbonyl (C=O) groups is 3. The van der Waals surface area contributed by atoms with Gasteiger partial charge < -0.3 is 14.8 Å². The number of para-hydroxylation sites is 1. The van der Waals surface area contributed by atoms with Crippen LogP contribution in [0.3, 0.4) is 0 Å². The first kappa shape index (κ1) is 21.2. The third-order valence-electron chi connectivity index (χ3n) is 4.43. The number of hydrogen-bond donors (Lipinski definition) is 1. The molecule has 0 spiro atoms. The van der Waals surface area contributed by atoms with E-state index in [2.05, 4.69) is 14.8 Å². The van der Waals surface area contributed by atoms with Gasteiger partial charge in [-0.2, -0.15) is 0 Å². The van der Waals surface area contributed by atoms with E-state index in [4.69, 9.17) is 0 Å². The van der Waals surface area contributed by atoms with Crippen molar-refractivity contribution in [3.8, 4) is 0 Å². The molecule has 148 valence electrons. The monoisotopic (exact) mass is 383 g/mol. The predicted molar refractivity (Wildman–Crippen MR) is 106 cm³/mol. The first-order valence-electron chi connectivity index (χ1n) is 9.09. The predicted octanol–water partition coefficient (Wildman–Crippen LogP) is 3.54. The number of anilines is 1. The first-order chi connectivity index (χ1) is 13.5. The van der Waals surface area contributed by atoms with E-state index >= 15 is 0 Å². The Balaban J connectivity index is 2.05. The summed E-state index contributed by atoms with van der Waals surface area (Å²) in [5.41, 5.74) is 1.89. The molecule has 1 atom stereocenters. The SMILES string of the molecule is COC(=O)C(CCC(=O)CC(Nc1ccccc1)c1ccccc1)C(=O)OC. The van der Waals surface area contributed by atoms with Crippen molar-refractivity contribution >= 4 is 23.4 Å². The zero-order chi connectivity index (χ0) is 20.4. The van der Waals surface area contributed by atoms with Crippen LogP contribution in [0.5, 0.6) is 0 Å².